The van der Waals surface area contributed by atoms with Crippen molar-refractivity contribution in [2.75, 3.05) is 0 Å². The van der Waals surface area contributed by atoms with Crippen LogP contribution < -0.4 is 0 Å². The van der Waals surface area contributed by atoms with E-state index in [1.807, 2.05) is 12.1 Å². The summed E-state index contributed by atoms with van der Waals surface area (Å²) in [6.07, 6.45) is 4.00. The molecule has 12 heavy (non-hydrogen) atoms. The summed E-state index contributed by atoms with van der Waals surface area (Å²) in [5.41, 5.74) is 1.39. The molecule has 0 nitrogen and oxygen atoms in total. The average molecular weight is 246 g/mol. The molecule has 2 rings (SSSR count). The second-order valence-electron chi connectivity index (χ2n) is 3.38. The summed E-state index contributed by atoms with van der Waals surface area (Å²) in [7, 11) is 0. The predicted molar refractivity (Wildman–Crippen MR) is 55.6 cm³/mol. The van der Waals surface area contributed by atoms with Crippen molar-refractivity contribution < 1.29 is 0 Å². The summed E-state index contributed by atoms with van der Waals surface area (Å²) >= 11 is 9.36. The van der Waals surface area contributed by atoms with E-state index < -0.39 is 0 Å². The number of hydrogen-bond donors (Lipinski definition) is 0. The van der Waals surface area contributed by atoms with E-state index >= 15 is 0 Å². The van der Waals surface area contributed by atoms with Gasteiger partial charge in [-0.1, -0.05) is 33.6 Å². The maximum absolute atomic E-state index is 5.84. The molecule has 0 amide bonds. The predicted octanol–water partition coefficient (Wildman–Crippen LogP) is 4.06. The van der Waals surface area contributed by atoms with Crippen molar-refractivity contribution in [3.63, 3.8) is 0 Å². The van der Waals surface area contributed by atoms with Crippen molar-refractivity contribution in [3.05, 3.63) is 33.3 Å². The molecular weight excluding hydrogens is 235 g/mol. The van der Waals surface area contributed by atoms with Gasteiger partial charge in [-0.05, 0) is 42.9 Å². The Hall–Kier alpha value is -0.0100. The lowest BCUT2D eigenvalue weighted by Gasteiger charge is -2.02. The second-order valence-corrected chi connectivity index (χ2v) is 4.67. The Balaban J connectivity index is 2.18. The highest BCUT2D eigenvalue weighted by Crippen LogP contribution is 2.35. The minimum absolute atomic E-state index is 0.807. The highest BCUT2D eigenvalue weighted by molar-refractivity contribution is 9.10. The van der Waals surface area contributed by atoms with E-state index in [-0.39, 0.29) is 0 Å². The molecule has 64 valence electrons. The van der Waals surface area contributed by atoms with Crippen LogP contribution in [0.15, 0.2) is 22.7 Å². The molecule has 0 aliphatic heterocycles. The zero-order chi connectivity index (χ0) is 8.55. The van der Waals surface area contributed by atoms with Crippen molar-refractivity contribution in [1.82, 2.24) is 0 Å². The van der Waals surface area contributed by atoms with E-state index in [1.165, 1.54) is 24.8 Å². The Morgan fingerprint density at radius 3 is 2.75 bits per heavy atom. The molecule has 1 saturated carbocycles. The average Bonchev–Trinajstić information content (AvgIpc) is 2.79. The van der Waals surface area contributed by atoms with E-state index in [2.05, 4.69) is 22.0 Å². The van der Waals surface area contributed by atoms with Gasteiger partial charge in [0.1, 0.15) is 0 Å². The van der Waals surface area contributed by atoms with Crippen molar-refractivity contribution in [1.29, 1.82) is 0 Å². The van der Waals surface area contributed by atoms with Crippen LogP contribution in [0.5, 0.6) is 0 Å². The van der Waals surface area contributed by atoms with Gasteiger partial charge in [0.05, 0.1) is 0 Å². The zero-order valence-corrected chi connectivity index (χ0v) is 9.03. The molecule has 0 aromatic heterocycles. The summed E-state index contributed by atoms with van der Waals surface area (Å²) in [6.45, 7) is 0. The van der Waals surface area contributed by atoms with Gasteiger partial charge in [0.15, 0.2) is 0 Å². The van der Waals surface area contributed by atoms with Crippen molar-refractivity contribution in [2.45, 2.75) is 19.3 Å². The summed E-state index contributed by atoms with van der Waals surface area (Å²) < 4.78 is 1.15. The topological polar surface area (TPSA) is 0 Å². The summed E-state index contributed by atoms with van der Waals surface area (Å²) in [5, 5.41) is 0.807. The van der Waals surface area contributed by atoms with Gasteiger partial charge in [0.25, 0.3) is 0 Å². The normalized spacial score (nSPS) is 16.5. The Kier molecular flexibility index (Phi) is 2.42. The Bertz CT molecular complexity index is 292. The highest BCUT2D eigenvalue weighted by atomic mass is 79.9. The number of hydrogen-bond acceptors (Lipinski definition) is 0. The molecule has 0 unspecified atom stereocenters. The fourth-order valence-electron chi connectivity index (χ4n) is 1.32. The SMILES string of the molecule is Clc1ccc(CC2CC2)c(Br)c1. The summed E-state index contributed by atoms with van der Waals surface area (Å²) in [5.74, 6) is 0.933. The first-order chi connectivity index (χ1) is 5.75. The van der Waals surface area contributed by atoms with Crippen molar-refractivity contribution in [2.24, 2.45) is 5.92 Å². The third-order valence-electron chi connectivity index (χ3n) is 2.22. The first-order valence-corrected chi connectivity index (χ1v) is 5.37. The molecule has 1 aliphatic carbocycles. The quantitative estimate of drug-likeness (QED) is 0.737. The van der Waals surface area contributed by atoms with E-state index in [0.717, 1.165) is 15.4 Å². The lowest BCUT2D eigenvalue weighted by molar-refractivity contribution is 0.829. The number of benzene rings is 1. The van der Waals surface area contributed by atoms with Crippen LogP contribution in [-0.2, 0) is 6.42 Å². The fraction of sp³-hybridized carbons (Fsp3) is 0.400. The first-order valence-electron chi connectivity index (χ1n) is 4.19. The van der Waals surface area contributed by atoms with Gasteiger partial charge in [-0.3, -0.25) is 0 Å². The maximum atomic E-state index is 5.84. The number of rotatable bonds is 2. The van der Waals surface area contributed by atoms with Crippen molar-refractivity contribution in [3.8, 4) is 0 Å². The Labute approximate surface area is 86.1 Å². The molecule has 0 heterocycles. The first kappa shape index (κ1) is 8.58. The van der Waals surface area contributed by atoms with Gasteiger partial charge in [0, 0.05) is 9.50 Å². The highest BCUT2D eigenvalue weighted by Gasteiger charge is 2.22. The lowest BCUT2D eigenvalue weighted by Crippen LogP contribution is -1.87. The third kappa shape index (κ3) is 2.02. The smallest absolute Gasteiger partial charge is 0.0417 e. The van der Waals surface area contributed by atoms with Gasteiger partial charge >= 0.3 is 0 Å². The lowest BCUT2D eigenvalue weighted by atomic mass is 10.1. The van der Waals surface area contributed by atoms with E-state index in [4.69, 9.17) is 11.6 Å². The standard InChI is InChI=1S/C10H10BrCl/c11-10-6-9(12)4-3-8(10)5-7-1-2-7/h3-4,6-7H,1-2,5H2. The molecule has 0 saturated heterocycles. The molecule has 1 aromatic carbocycles. The molecule has 0 bridgehead atoms. The van der Waals surface area contributed by atoms with Crippen LogP contribution in [0.25, 0.3) is 0 Å². The summed E-state index contributed by atoms with van der Waals surface area (Å²) in [6, 6.07) is 6.05. The van der Waals surface area contributed by atoms with E-state index in [0.29, 0.717) is 0 Å². The van der Waals surface area contributed by atoms with E-state index in [1.54, 1.807) is 0 Å². The van der Waals surface area contributed by atoms with Gasteiger partial charge in [-0.25, -0.2) is 0 Å². The van der Waals surface area contributed by atoms with Crippen LogP contribution in [-0.4, -0.2) is 0 Å². The Morgan fingerprint density at radius 2 is 2.17 bits per heavy atom. The molecule has 0 spiro atoms. The van der Waals surface area contributed by atoms with Crippen LogP contribution in [0, 0.1) is 5.92 Å². The largest absolute Gasteiger partial charge is 0.0843 e. The Morgan fingerprint density at radius 1 is 1.42 bits per heavy atom. The maximum Gasteiger partial charge on any atom is 0.0417 e. The van der Waals surface area contributed by atoms with Gasteiger partial charge in [-0.15, -0.1) is 0 Å². The fourth-order valence-corrected chi connectivity index (χ4v) is 2.16. The zero-order valence-electron chi connectivity index (χ0n) is 6.69. The van der Waals surface area contributed by atoms with Crippen LogP contribution in [0.1, 0.15) is 18.4 Å². The molecule has 0 atom stereocenters. The van der Waals surface area contributed by atoms with Gasteiger partial charge < -0.3 is 0 Å². The van der Waals surface area contributed by atoms with E-state index in [9.17, 15) is 0 Å². The van der Waals surface area contributed by atoms with Crippen LogP contribution in [0.2, 0.25) is 5.02 Å². The molecule has 1 fully saturated rings. The van der Waals surface area contributed by atoms with Gasteiger partial charge in [-0.2, -0.15) is 0 Å². The monoisotopic (exact) mass is 244 g/mol. The molecule has 0 radical (unpaired) electrons. The second kappa shape index (κ2) is 3.39. The third-order valence-corrected chi connectivity index (χ3v) is 3.19. The summed E-state index contributed by atoms with van der Waals surface area (Å²) in [4.78, 5) is 0. The minimum atomic E-state index is 0.807. The molecule has 0 N–H and O–H groups in total. The molecule has 1 aliphatic rings. The van der Waals surface area contributed by atoms with Crippen molar-refractivity contribution >= 4 is 27.5 Å². The minimum Gasteiger partial charge on any atom is -0.0843 e. The number of halogens is 2. The molecular formula is C10H10BrCl. The van der Waals surface area contributed by atoms with Crippen LogP contribution >= 0.6 is 27.5 Å². The molecule has 2 heteroatoms. The van der Waals surface area contributed by atoms with Crippen LogP contribution in [0.3, 0.4) is 0 Å². The van der Waals surface area contributed by atoms with Gasteiger partial charge in [0.2, 0.25) is 0 Å². The van der Waals surface area contributed by atoms with Crippen LogP contribution in [0.4, 0.5) is 0 Å². The molecule has 1 aromatic rings.